The van der Waals surface area contributed by atoms with Crippen molar-refractivity contribution in [3.8, 4) is 0 Å². The van der Waals surface area contributed by atoms with Crippen LogP contribution in [0.25, 0.3) is 0 Å². The molecular weight excluding hydrogens is 218 g/mol. The fraction of sp³-hybridized carbons (Fsp3) is 0.615. The predicted molar refractivity (Wildman–Crippen MR) is 65.9 cm³/mol. The molecule has 0 fully saturated rings. The van der Waals surface area contributed by atoms with E-state index in [2.05, 4.69) is 5.32 Å². The third kappa shape index (κ3) is 3.89. The monoisotopic (exact) mass is 239 g/mol. The number of furan rings is 1. The molecule has 0 bridgehead atoms. The number of hydrogen-bond acceptors (Lipinski definition) is 3. The van der Waals surface area contributed by atoms with Crippen molar-refractivity contribution < 1.29 is 14.3 Å². The van der Waals surface area contributed by atoms with Crippen LogP contribution < -0.4 is 5.32 Å². The number of amides is 1. The fourth-order valence-corrected chi connectivity index (χ4v) is 1.64. The van der Waals surface area contributed by atoms with Gasteiger partial charge in [-0.1, -0.05) is 20.8 Å². The van der Waals surface area contributed by atoms with Gasteiger partial charge in [0.2, 0.25) is 0 Å². The largest absolute Gasteiger partial charge is 0.456 e. The van der Waals surface area contributed by atoms with Gasteiger partial charge in [-0.05, 0) is 30.9 Å². The predicted octanol–water partition coefficient (Wildman–Crippen LogP) is 2.11. The lowest BCUT2D eigenvalue weighted by molar-refractivity contribution is 0.0856. The summed E-state index contributed by atoms with van der Waals surface area (Å²) in [6.45, 7) is 7.94. The van der Waals surface area contributed by atoms with Gasteiger partial charge >= 0.3 is 0 Å². The summed E-state index contributed by atoms with van der Waals surface area (Å²) < 4.78 is 5.26. The topological polar surface area (TPSA) is 62.5 Å². The van der Waals surface area contributed by atoms with Crippen molar-refractivity contribution >= 4 is 5.91 Å². The zero-order valence-electron chi connectivity index (χ0n) is 10.9. The molecule has 17 heavy (non-hydrogen) atoms. The zero-order valence-corrected chi connectivity index (χ0v) is 10.9. The standard InChI is InChI=1S/C13H21NO3/c1-9-5-6-10(17-9)12(16)14-11(7-8-15)13(2,3)4/h5-6,11,15H,7-8H2,1-4H3,(H,14,16). The van der Waals surface area contributed by atoms with E-state index < -0.39 is 0 Å². The van der Waals surface area contributed by atoms with Gasteiger partial charge in [0.1, 0.15) is 5.76 Å². The third-order valence-corrected chi connectivity index (χ3v) is 2.73. The van der Waals surface area contributed by atoms with E-state index in [4.69, 9.17) is 9.52 Å². The van der Waals surface area contributed by atoms with Crippen LogP contribution in [0, 0.1) is 12.3 Å². The first-order valence-electron chi connectivity index (χ1n) is 5.82. The molecule has 2 N–H and O–H groups in total. The Kier molecular flexibility index (Phi) is 4.34. The van der Waals surface area contributed by atoms with Crippen molar-refractivity contribution in [3.63, 3.8) is 0 Å². The van der Waals surface area contributed by atoms with E-state index in [1.54, 1.807) is 19.1 Å². The lowest BCUT2D eigenvalue weighted by atomic mass is 9.85. The first-order chi connectivity index (χ1) is 7.84. The Morgan fingerprint density at radius 2 is 2.12 bits per heavy atom. The van der Waals surface area contributed by atoms with Crippen molar-refractivity contribution in [1.82, 2.24) is 5.32 Å². The maximum Gasteiger partial charge on any atom is 0.287 e. The summed E-state index contributed by atoms with van der Waals surface area (Å²) in [6.07, 6.45) is 0.537. The van der Waals surface area contributed by atoms with Gasteiger partial charge in [0.05, 0.1) is 0 Å². The van der Waals surface area contributed by atoms with Crippen molar-refractivity contribution in [1.29, 1.82) is 0 Å². The molecule has 1 unspecified atom stereocenters. The quantitative estimate of drug-likeness (QED) is 0.846. The Balaban J connectivity index is 2.71. The van der Waals surface area contributed by atoms with Gasteiger partial charge in [-0.3, -0.25) is 4.79 Å². The maximum atomic E-state index is 11.9. The number of carbonyl (C=O) groups excluding carboxylic acids is 1. The van der Waals surface area contributed by atoms with Gasteiger partial charge < -0.3 is 14.8 Å². The van der Waals surface area contributed by atoms with E-state index in [-0.39, 0.29) is 24.0 Å². The minimum absolute atomic E-state index is 0.0550. The summed E-state index contributed by atoms with van der Waals surface area (Å²) in [4.78, 5) is 11.9. The molecule has 0 aromatic carbocycles. The van der Waals surface area contributed by atoms with Crippen LogP contribution in [0.5, 0.6) is 0 Å². The van der Waals surface area contributed by atoms with E-state index in [0.717, 1.165) is 0 Å². The average molecular weight is 239 g/mol. The highest BCUT2D eigenvalue weighted by Gasteiger charge is 2.26. The number of aliphatic hydroxyl groups is 1. The highest BCUT2D eigenvalue weighted by Crippen LogP contribution is 2.22. The van der Waals surface area contributed by atoms with Crippen LogP contribution >= 0.6 is 0 Å². The van der Waals surface area contributed by atoms with Crippen LogP contribution in [-0.4, -0.2) is 23.7 Å². The number of carbonyl (C=O) groups is 1. The van der Waals surface area contributed by atoms with Crippen LogP contribution in [0.4, 0.5) is 0 Å². The molecule has 4 nitrogen and oxygen atoms in total. The Hall–Kier alpha value is -1.29. The Morgan fingerprint density at radius 1 is 1.47 bits per heavy atom. The van der Waals surface area contributed by atoms with E-state index in [0.29, 0.717) is 17.9 Å². The van der Waals surface area contributed by atoms with Crippen molar-refractivity contribution in [2.75, 3.05) is 6.61 Å². The second kappa shape index (κ2) is 5.36. The molecule has 0 aliphatic carbocycles. The Bertz CT molecular complexity index is 376. The highest BCUT2D eigenvalue weighted by atomic mass is 16.3. The summed E-state index contributed by atoms with van der Waals surface area (Å²) in [7, 11) is 0. The number of nitrogens with one attached hydrogen (secondary N) is 1. The van der Waals surface area contributed by atoms with Crippen LogP contribution in [0.1, 0.15) is 43.5 Å². The molecule has 0 aliphatic heterocycles. The lowest BCUT2D eigenvalue weighted by Crippen LogP contribution is -2.44. The molecule has 1 atom stereocenters. The van der Waals surface area contributed by atoms with E-state index in [1.165, 1.54) is 0 Å². The summed E-state index contributed by atoms with van der Waals surface area (Å²) in [6, 6.07) is 3.33. The Labute approximate surface area is 102 Å². The zero-order chi connectivity index (χ0) is 13.1. The summed E-state index contributed by atoms with van der Waals surface area (Å²) in [5, 5.41) is 11.9. The second-order valence-electron chi connectivity index (χ2n) is 5.31. The molecule has 96 valence electrons. The number of aliphatic hydroxyl groups excluding tert-OH is 1. The van der Waals surface area contributed by atoms with Gasteiger partial charge in [0, 0.05) is 12.6 Å². The van der Waals surface area contributed by atoms with Gasteiger partial charge in [0.25, 0.3) is 5.91 Å². The van der Waals surface area contributed by atoms with Gasteiger partial charge in [-0.2, -0.15) is 0 Å². The first kappa shape index (κ1) is 13.8. The minimum Gasteiger partial charge on any atom is -0.456 e. The van der Waals surface area contributed by atoms with Crippen LogP contribution in [-0.2, 0) is 0 Å². The molecule has 1 aromatic rings. The van der Waals surface area contributed by atoms with Crippen molar-refractivity contribution in [3.05, 3.63) is 23.7 Å². The average Bonchev–Trinajstić information content (AvgIpc) is 2.62. The summed E-state index contributed by atoms with van der Waals surface area (Å²) >= 11 is 0. The van der Waals surface area contributed by atoms with Crippen LogP contribution in [0.15, 0.2) is 16.5 Å². The number of rotatable bonds is 4. The fourth-order valence-electron chi connectivity index (χ4n) is 1.64. The Morgan fingerprint density at radius 3 is 2.53 bits per heavy atom. The number of hydrogen-bond donors (Lipinski definition) is 2. The van der Waals surface area contributed by atoms with Crippen molar-refractivity contribution in [2.24, 2.45) is 5.41 Å². The molecule has 1 aromatic heterocycles. The molecule has 4 heteroatoms. The van der Waals surface area contributed by atoms with Gasteiger partial charge in [0.15, 0.2) is 5.76 Å². The molecule has 0 radical (unpaired) electrons. The normalized spacial score (nSPS) is 13.5. The second-order valence-corrected chi connectivity index (χ2v) is 5.31. The number of aryl methyl sites for hydroxylation is 1. The van der Waals surface area contributed by atoms with E-state index in [1.807, 2.05) is 20.8 Å². The van der Waals surface area contributed by atoms with E-state index >= 15 is 0 Å². The SMILES string of the molecule is Cc1ccc(C(=O)NC(CCO)C(C)(C)C)o1. The summed E-state index contributed by atoms with van der Waals surface area (Å²) in [5.74, 6) is 0.797. The van der Waals surface area contributed by atoms with Gasteiger partial charge in [-0.25, -0.2) is 0 Å². The minimum atomic E-state index is -0.230. The molecule has 0 spiro atoms. The molecule has 0 aliphatic rings. The third-order valence-electron chi connectivity index (χ3n) is 2.73. The van der Waals surface area contributed by atoms with Crippen molar-refractivity contribution in [2.45, 2.75) is 40.2 Å². The van der Waals surface area contributed by atoms with Crippen LogP contribution in [0.2, 0.25) is 0 Å². The van der Waals surface area contributed by atoms with Gasteiger partial charge in [-0.15, -0.1) is 0 Å². The van der Waals surface area contributed by atoms with E-state index in [9.17, 15) is 4.79 Å². The highest BCUT2D eigenvalue weighted by molar-refractivity contribution is 5.91. The molecule has 1 heterocycles. The molecule has 0 saturated carbocycles. The molecule has 1 amide bonds. The molecule has 1 rings (SSSR count). The summed E-state index contributed by atoms with van der Waals surface area (Å²) in [5.41, 5.74) is -0.0972. The molecular formula is C13H21NO3. The lowest BCUT2D eigenvalue weighted by Gasteiger charge is -2.30. The first-order valence-corrected chi connectivity index (χ1v) is 5.82. The maximum absolute atomic E-state index is 11.9. The smallest absolute Gasteiger partial charge is 0.287 e. The molecule has 0 saturated heterocycles. The van der Waals surface area contributed by atoms with Crippen LogP contribution in [0.3, 0.4) is 0 Å².